The Balaban J connectivity index is 1.54. The largest absolute Gasteiger partial charge is 0.393 e. The van der Waals surface area contributed by atoms with Crippen molar-refractivity contribution >= 4 is 11.5 Å². The SMILES string of the molecule is COC[C@H](C)Nc1ncc2c(-c3ccc(-c4nn[nH]n4)cc3)cc(C3CCC(O)CC3)n2n1. The lowest BCUT2D eigenvalue weighted by Crippen LogP contribution is -2.23. The number of aromatic amines is 1. The van der Waals surface area contributed by atoms with E-state index in [1.54, 1.807) is 7.11 Å². The summed E-state index contributed by atoms with van der Waals surface area (Å²) in [7, 11) is 1.68. The number of benzene rings is 1. The van der Waals surface area contributed by atoms with E-state index in [0.717, 1.165) is 53.6 Å². The second-order valence-electron chi connectivity index (χ2n) is 8.68. The Hall–Kier alpha value is -3.37. The Bertz CT molecular complexity index is 1200. The molecule has 3 aromatic heterocycles. The molecule has 0 spiro atoms. The summed E-state index contributed by atoms with van der Waals surface area (Å²) in [6, 6.07) is 10.4. The minimum absolute atomic E-state index is 0.0912. The number of methoxy groups -OCH3 is 1. The van der Waals surface area contributed by atoms with Gasteiger partial charge in [-0.25, -0.2) is 9.50 Å². The fourth-order valence-electron chi connectivity index (χ4n) is 4.57. The second-order valence-corrected chi connectivity index (χ2v) is 8.68. The number of aromatic nitrogens is 7. The van der Waals surface area contributed by atoms with E-state index in [0.29, 0.717) is 24.3 Å². The fourth-order valence-corrected chi connectivity index (χ4v) is 4.57. The first-order valence-electron chi connectivity index (χ1n) is 11.3. The fraction of sp³-hybridized carbons (Fsp3) is 0.435. The van der Waals surface area contributed by atoms with Gasteiger partial charge in [0.1, 0.15) is 0 Å². The van der Waals surface area contributed by atoms with Crippen LogP contribution in [0.25, 0.3) is 28.0 Å². The van der Waals surface area contributed by atoms with Crippen LogP contribution in [0, 0.1) is 0 Å². The summed E-state index contributed by atoms with van der Waals surface area (Å²) in [4.78, 5) is 4.57. The average molecular weight is 449 g/mol. The molecule has 10 nitrogen and oxygen atoms in total. The van der Waals surface area contributed by atoms with Gasteiger partial charge in [0.15, 0.2) is 0 Å². The van der Waals surface area contributed by atoms with Crippen molar-refractivity contribution in [2.75, 3.05) is 19.0 Å². The highest BCUT2D eigenvalue weighted by Gasteiger charge is 2.25. The van der Waals surface area contributed by atoms with Crippen LogP contribution in [0.3, 0.4) is 0 Å². The summed E-state index contributed by atoms with van der Waals surface area (Å²) >= 11 is 0. The number of aliphatic hydroxyl groups excluding tert-OH is 1. The molecule has 1 aromatic carbocycles. The standard InChI is InChI=1S/C23H28N8O2/c1-14(13-33-2)25-23-24-12-21-19(15-3-5-17(6-4-15)22-26-29-30-27-22)11-20(31(21)28-23)16-7-9-18(32)10-8-16/h3-6,11-12,14,16,18,32H,7-10,13H2,1-2H3,(H,25,28)(H,26,27,29,30)/t14-,16?,18?/m0/s1. The monoisotopic (exact) mass is 448 g/mol. The molecule has 0 bridgehead atoms. The van der Waals surface area contributed by atoms with E-state index >= 15 is 0 Å². The predicted octanol–water partition coefficient (Wildman–Crippen LogP) is 3.04. The maximum atomic E-state index is 10.00. The molecule has 172 valence electrons. The van der Waals surface area contributed by atoms with Gasteiger partial charge in [-0.1, -0.05) is 24.3 Å². The lowest BCUT2D eigenvalue weighted by atomic mass is 9.85. The topological polar surface area (TPSA) is 126 Å². The molecule has 1 atom stereocenters. The van der Waals surface area contributed by atoms with Crippen molar-refractivity contribution in [3.8, 4) is 22.5 Å². The average Bonchev–Trinajstić information content (AvgIpc) is 3.48. The van der Waals surface area contributed by atoms with E-state index in [4.69, 9.17) is 9.84 Å². The zero-order valence-electron chi connectivity index (χ0n) is 18.8. The second kappa shape index (κ2) is 9.24. The molecule has 33 heavy (non-hydrogen) atoms. The Morgan fingerprint density at radius 3 is 2.64 bits per heavy atom. The number of H-pyrrole nitrogens is 1. The number of fused-ring (bicyclic) bond motifs is 1. The van der Waals surface area contributed by atoms with Gasteiger partial charge in [0.25, 0.3) is 0 Å². The number of hydrogen-bond acceptors (Lipinski definition) is 8. The zero-order valence-corrected chi connectivity index (χ0v) is 18.8. The third-order valence-electron chi connectivity index (χ3n) is 6.25. The molecular formula is C23H28N8O2. The van der Waals surface area contributed by atoms with E-state index in [1.807, 2.05) is 29.8 Å². The quantitative estimate of drug-likeness (QED) is 0.394. The lowest BCUT2D eigenvalue weighted by molar-refractivity contribution is 0.121. The zero-order chi connectivity index (χ0) is 22.8. The van der Waals surface area contributed by atoms with E-state index in [9.17, 15) is 5.11 Å². The van der Waals surface area contributed by atoms with Crippen molar-refractivity contribution in [3.05, 3.63) is 42.2 Å². The molecule has 1 aliphatic carbocycles. The van der Waals surface area contributed by atoms with Crippen molar-refractivity contribution in [1.29, 1.82) is 0 Å². The molecule has 0 amide bonds. The first-order valence-corrected chi connectivity index (χ1v) is 11.3. The summed E-state index contributed by atoms with van der Waals surface area (Å²) in [5.74, 6) is 1.47. The van der Waals surface area contributed by atoms with Crippen LogP contribution in [-0.2, 0) is 4.74 Å². The van der Waals surface area contributed by atoms with Gasteiger partial charge in [0.05, 0.1) is 24.4 Å². The highest BCUT2D eigenvalue weighted by Crippen LogP contribution is 2.38. The summed E-state index contributed by atoms with van der Waals surface area (Å²) in [6.07, 6.45) is 5.18. The summed E-state index contributed by atoms with van der Waals surface area (Å²) in [6.45, 7) is 2.60. The van der Waals surface area contributed by atoms with Crippen LogP contribution in [0.5, 0.6) is 0 Å². The van der Waals surface area contributed by atoms with Crippen LogP contribution in [0.2, 0.25) is 0 Å². The number of nitrogens with one attached hydrogen (secondary N) is 2. The molecular weight excluding hydrogens is 420 g/mol. The maximum absolute atomic E-state index is 10.00. The number of rotatable bonds is 7. The van der Waals surface area contributed by atoms with E-state index in [1.165, 1.54) is 0 Å². The van der Waals surface area contributed by atoms with Gasteiger partial charge in [-0.3, -0.25) is 0 Å². The summed E-state index contributed by atoms with van der Waals surface area (Å²) < 4.78 is 7.24. The summed E-state index contributed by atoms with van der Waals surface area (Å²) in [5.41, 5.74) is 5.14. The molecule has 5 rings (SSSR count). The minimum Gasteiger partial charge on any atom is -0.393 e. The van der Waals surface area contributed by atoms with E-state index in [-0.39, 0.29) is 12.1 Å². The van der Waals surface area contributed by atoms with Gasteiger partial charge in [-0.05, 0) is 49.5 Å². The molecule has 0 unspecified atom stereocenters. The first kappa shape index (κ1) is 21.5. The lowest BCUT2D eigenvalue weighted by Gasteiger charge is -2.25. The van der Waals surface area contributed by atoms with Gasteiger partial charge < -0.3 is 15.2 Å². The molecule has 0 aliphatic heterocycles. The highest BCUT2D eigenvalue weighted by molar-refractivity contribution is 5.82. The van der Waals surface area contributed by atoms with Crippen LogP contribution in [0.15, 0.2) is 36.5 Å². The van der Waals surface area contributed by atoms with Crippen LogP contribution in [-0.4, -0.2) is 66.2 Å². The van der Waals surface area contributed by atoms with Crippen LogP contribution < -0.4 is 5.32 Å². The molecule has 1 saturated carbocycles. The van der Waals surface area contributed by atoms with E-state index in [2.05, 4.69) is 49.1 Å². The van der Waals surface area contributed by atoms with Gasteiger partial charge in [0, 0.05) is 35.9 Å². The number of aliphatic hydroxyl groups is 1. The molecule has 1 aliphatic rings. The number of tetrazole rings is 1. The Kier molecular flexibility index (Phi) is 6.01. The number of anilines is 1. The number of nitrogens with zero attached hydrogens (tertiary/aromatic N) is 6. The Morgan fingerprint density at radius 2 is 1.94 bits per heavy atom. The molecule has 1 fully saturated rings. The molecule has 4 aromatic rings. The molecule has 0 radical (unpaired) electrons. The molecule has 3 heterocycles. The van der Waals surface area contributed by atoms with Gasteiger partial charge in [-0.2, -0.15) is 5.21 Å². The third kappa shape index (κ3) is 4.44. The maximum Gasteiger partial charge on any atom is 0.241 e. The number of ether oxygens (including phenoxy) is 1. The first-order chi connectivity index (χ1) is 16.1. The Morgan fingerprint density at radius 1 is 1.18 bits per heavy atom. The van der Waals surface area contributed by atoms with Crippen LogP contribution >= 0.6 is 0 Å². The number of hydrogen-bond donors (Lipinski definition) is 3. The van der Waals surface area contributed by atoms with Crippen molar-refractivity contribution < 1.29 is 9.84 Å². The van der Waals surface area contributed by atoms with Gasteiger partial charge >= 0.3 is 0 Å². The van der Waals surface area contributed by atoms with Gasteiger partial charge in [0.2, 0.25) is 11.8 Å². The van der Waals surface area contributed by atoms with Crippen LogP contribution in [0.4, 0.5) is 5.95 Å². The van der Waals surface area contributed by atoms with E-state index < -0.39 is 0 Å². The van der Waals surface area contributed by atoms with Gasteiger partial charge in [-0.15, -0.1) is 15.3 Å². The molecule has 10 heteroatoms. The molecule has 0 saturated heterocycles. The Labute approximate surface area is 191 Å². The summed E-state index contributed by atoms with van der Waals surface area (Å²) in [5, 5.41) is 32.4. The van der Waals surface area contributed by atoms with Crippen molar-refractivity contribution in [2.24, 2.45) is 0 Å². The van der Waals surface area contributed by atoms with Crippen molar-refractivity contribution in [2.45, 2.75) is 50.7 Å². The highest BCUT2D eigenvalue weighted by atomic mass is 16.5. The minimum atomic E-state index is -0.202. The predicted molar refractivity (Wildman–Crippen MR) is 124 cm³/mol. The smallest absolute Gasteiger partial charge is 0.241 e. The van der Waals surface area contributed by atoms with Crippen molar-refractivity contribution in [1.82, 2.24) is 35.2 Å². The molecule has 3 N–H and O–H groups in total. The van der Waals surface area contributed by atoms with Crippen molar-refractivity contribution in [3.63, 3.8) is 0 Å². The third-order valence-corrected chi connectivity index (χ3v) is 6.25. The normalized spacial score (nSPS) is 19.6. The van der Waals surface area contributed by atoms with Crippen LogP contribution in [0.1, 0.15) is 44.2 Å².